The molecule has 1 N–H and O–H groups in total. The van der Waals surface area contributed by atoms with Gasteiger partial charge in [0.2, 0.25) is 0 Å². The molecule has 0 amide bonds. The lowest BCUT2D eigenvalue weighted by Gasteiger charge is -2.35. The first kappa shape index (κ1) is 14.3. The van der Waals surface area contributed by atoms with E-state index < -0.39 is 0 Å². The highest BCUT2D eigenvalue weighted by molar-refractivity contribution is 6.41. The zero-order valence-electron chi connectivity index (χ0n) is 10.6. The third-order valence-electron chi connectivity index (χ3n) is 4.04. The molecule has 0 radical (unpaired) electrons. The van der Waals surface area contributed by atoms with Gasteiger partial charge in [-0.25, -0.2) is 0 Å². The number of anilines is 1. The van der Waals surface area contributed by atoms with Crippen molar-refractivity contribution in [2.75, 3.05) is 5.32 Å². The Morgan fingerprint density at radius 1 is 1.06 bits per heavy atom. The van der Waals surface area contributed by atoms with Gasteiger partial charge in [-0.3, -0.25) is 0 Å². The summed E-state index contributed by atoms with van der Waals surface area (Å²) in [4.78, 5) is 0. The summed E-state index contributed by atoms with van der Waals surface area (Å²) in [5.74, 6) is 1.36. The Hall–Kier alpha value is -0.110. The summed E-state index contributed by atoms with van der Waals surface area (Å²) in [5, 5.41) is 5.26. The van der Waals surface area contributed by atoms with Gasteiger partial charge in [0.25, 0.3) is 0 Å². The first-order valence-corrected chi connectivity index (χ1v) is 7.53. The fraction of sp³-hybridized carbons (Fsp3) is 0.571. The Balaban J connectivity index is 2.18. The van der Waals surface area contributed by atoms with Gasteiger partial charge in [0.05, 0.1) is 15.7 Å². The van der Waals surface area contributed by atoms with Crippen LogP contribution in [0.2, 0.25) is 15.1 Å². The van der Waals surface area contributed by atoms with Crippen molar-refractivity contribution in [3.63, 3.8) is 0 Å². The van der Waals surface area contributed by atoms with Crippen molar-refractivity contribution in [1.29, 1.82) is 0 Å². The second kappa shape index (κ2) is 5.90. The van der Waals surface area contributed by atoms with E-state index >= 15 is 0 Å². The van der Waals surface area contributed by atoms with Gasteiger partial charge in [0.1, 0.15) is 0 Å². The number of rotatable bonds is 2. The lowest BCUT2D eigenvalue weighted by molar-refractivity contribution is 0.253. The van der Waals surface area contributed by atoms with Crippen LogP contribution < -0.4 is 5.32 Å². The average Bonchev–Trinajstić information content (AvgIpc) is 2.28. The molecular weight excluding hydrogens is 289 g/mol. The van der Waals surface area contributed by atoms with Crippen LogP contribution in [0.15, 0.2) is 12.1 Å². The SMILES string of the molecule is CC1CCCC(Nc2c(Cl)cc(Cl)cc2Cl)C1C. The Labute approximate surface area is 124 Å². The Morgan fingerprint density at radius 2 is 1.67 bits per heavy atom. The minimum atomic E-state index is 0.435. The second-order valence-corrected chi connectivity index (χ2v) is 6.51. The number of hydrogen-bond donors (Lipinski definition) is 1. The molecule has 4 heteroatoms. The third kappa shape index (κ3) is 3.07. The molecule has 0 aromatic heterocycles. The Bertz CT molecular complexity index is 410. The average molecular weight is 307 g/mol. The summed E-state index contributed by atoms with van der Waals surface area (Å²) in [6.45, 7) is 4.60. The molecule has 1 aromatic carbocycles. The molecule has 0 saturated heterocycles. The van der Waals surface area contributed by atoms with Crippen LogP contribution in [0, 0.1) is 11.8 Å². The molecule has 2 rings (SSSR count). The summed E-state index contributed by atoms with van der Waals surface area (Å²) in [7, 11) is 0. The maximum Gasteiger partial charge on any atom is 0.0722 e. The number of hydrogen-bond acceptors (Lipinski definition) is 1. The summed E-state index contributed by atoms with van der Waals surface area (Å²) >= 11 is 18.3. The lowest BCUT2D eigenvalue weighted by atomic mass is 9.78. The van der Waals surface area contributed by atoms with Gasteiger partial charge in [-0.15, -0.1) is 0 Å². The molecule has 3 atom stereocenters. The van der Waals surface area contributed by atoms with E-state index in [1.165, 1.54) is 19.3 Å². The minimum absolute atomic E-state index is 0.435. The van der Waals surface area contributed by atoms with Crippen LogP contribution in [0.1, 0.15) is 33.1 Å². The molecule has 0 bridgehead atoms. The first-order valence-electron chi connectivity index (χ1n) is 6.40. The van der Waals surface area contributed by atoms with Crippen molar-refractivity contribution in [3.05, 3.63) is 27.2 Å². The van der Waals surface area contributed by atoms with Gasteiger partial charge >= 0.3 is 0 Å². The van der Waals surface area contributed by atoms with E-state index in [1.807, 2.05) is 0 Å². The number of halogens is 3. The van der Waals surface area contributed by atoms with Crippen LogP contribution in [-0.4, -0.2) is 6.04 Å². The highest BCUT2D eigenvalue weighted by Gasteiger charge is 2.27. The molecule has 18 heavy (non-hydrogen) atoms. The summed E-state index contributed by atoms with van der Waals surface area (Å²) in [6, 6.07) is 3.90. The van der Waals surface area contributed by atoms with E-state index in [9.17, 15) is 0 Å². The molecule has 3 unspecified atom stereocenters. The molecule has 1 nitrogen and oxygen atoms in total. The molecular formula is C14H18Cl3N. The largest absolute Gasteiger partial charge is 0.380 e. The van der Waals surface area contributed by atoms with Crippen molar-refractivity contribution in [2.45, 2.75) is 39.2 Å². The van der Waals surface area contributed by atoms with E-state index in [1.54, 1.807) is 12.1 Å². The van der Waals surface area contributed by atoms with Crippen molar-refractivity contribution in [3.8, 4) is 0 Å². The van der Waals surface area contributed by atoms with Gasteiger partial charge in [-0.05, 0) is 30.4 Å². The highest BCUT2D eigenvalue weighted by Crippen LogP contribution is 2.37. The quantitative estimate of drug-likeness (QED) is 0.719. The predicted octanol–water partition coefficient (Wildman–Crippen LogP) is 5.88. The van der Waals surface area contributed by atoms with Crippen molar-refractivity contribution in [1.82, 2.24) is 0 Å². The molecule has 0 heterocycles. The zero-order chi connectivity index (χ0) is 13.3. The zero-order valence-corrected chi connectivity index (χ0v) is 12.9. The van der Waals surface area contributed by atoms with E-state index in [0.29, 0.717) is 27.0 Å². The molecule has 0 aliphatic heterocycles. The Kier molecular flexibility index (Phi) is 4.69. The normalized spacial score (nSPS) is 28.2. The van der Waals surface area contributed by atoms with Crippen LogP contribution in [0.5, 0.6) is 0 Å². The van der Waals surface area contributed by atoms with Crippen LogP contribution >= 0.6 is 34.8 Å². The summed E-state index contributed by atoms with van der Waals surface area (Å²) in [6.07, 6.45) is 3.73. The maximum atomic E-state index is 6.21. The molecule has 100 valence electrons. The van der Waals surface area contributed by atoms with E-state index in [-0.39, 0.29) is 0 Å². The number of nitrogens with one attached hydrogen (secondary N) is 1. The number of benzene rings is 1. The van der Waals surface area contributed by atoms with E-state index in [2.05, 4.69) is 19.2 Å². The molecule has 1 fully saturated rings. The van der Waals surface area contributed by atoms with Gasteiger partial charge < -0.3 is 5.32 Å². The standard InChI is InChI=1S/C14H18Cl3N/c1-8-4-3-5-13(9(8)2)18-14-11(16)6-10(15)7-12(14)17/h6-9,13,18H,3-5H2,1-2H3. The van der Waals surface area contributed by atoms with Gasteiger partial charge in [-0.1, -0.05) is 61.5 Å². The monoisotopic (exact) mass is 305 g/mol. The van der Waals surface area contributed by atoms with Crippen LogP contribution in [0.3, 0.4) is 0 Å². The summed E-state index contributed by atoms with van der Waals surface area (Å²) in [5.41, 5.74) is 0.814. The van der Waals surface area contributed by atoms with Gasteiger partial charge in [0.15, 0.2) is 0 Å². The fourth-order valence-electron chi connectivity index (χ4n) is 2.65. The molecule has 1 saturated carbocycles. The predicted molar refractivity (Wildman–Crippen MR) is 81.1 cm³/mol. The van der Waals surface area contributed by atoms with Crippen molar-refractivity contribution in [2.24, 2.45) is 11.8 Å². The third-order valence-corrected chi connectivity index (χ3v) is 4.86. The topological polar surface area (TPSA) is 12.0 Å². The summed E-state index contributed by atoms with van der Waals surface area (Å²) < 4.78 is 0. The van der Waals surface area contributed by atoms with Crippen LogP contribution in [-0.2, 0) is 0 Å². The maximum absolute atomic E-state index is 6.21. The molecule has 1 aliphatic rings. The minimum Gasteiger partial charge on any atom is -0.380 e. The van der Waals surface area contributed by atoms with E-state index in [4.69, 9.17) is 34.8 Å². The highest BCUT2D eigenvalue weighted by atomic mass is 35.5. The van der Waals surface area contributed by atoms with Gasteiger partial charge in [0, 0.05) is 11.1 Å². The molecule has 1 aromatic rings. The van der Waals surface area contributed by atoms with E-state index in [0.717, 1.165) is 11.6 Å². The lowest BCUT2D eigenvalue weighted by Crippen LogP contribution is -2.35. The smallest absolute Gasteiger partial charge is 0.0722 e. The van der Waals surface area contributed by atoms with Crippen LogP contribution in [0.25, 0.3) is 0 Å². The first-order chi connectivity index (χ1) is 8.49. The van der Waals surface area contributed by atoms with Crippen molar-refractivity contribution >= 4 is 40.5 Å². The van der Waals surface area contributed by atoms with Gasteiger partial charge in [-0.2, -0.15) is 0 Å². The second-order valence-electron chi connectivity index (χ2n) is 5.26. The Morgan fingerprint density at radius 3 is 2.28 bits per heavy atom. The van der Waals surface area contributed by atoms with Crippen LogP contribution in [0.4, 0.5) is 5.69 Å². The molecule has 0 spiro atoms. The van der Waals surface area contributed by atoms with Crippen molar-refractivity contribution < 1.29 is 0 Å². The molecule has 1 aliphatic carbocycles. The fourth-order valence-corrected chi connectivity index (χ4v) is 3.58.